The number of halogens is 1. The van der Waals surface area contributed by atoms with Gasteiger partial charge in [-0.1, -0.05) is 13.0 Å². The summed E-state index contributed by atoms with van der Waals surface area (Å²) < 4.78 is 18.5. The molecule has 0 bridgehead atoms. The van der Waals surface area contributed by atoms with Crippen LogP contribution in [0.15, 0.2) is 29.8 Å². The average Bonchev–Trinajstić information content (AvgIpc) is 2.99. The molecule has 0 aliphatic carbocycles. The zero-order chi connectivity index (χ0) is 14.5. The van der Waals surface area contributed by atoms with Crippen LogP contribution in [-0.2, 0) is 0 Å². The van der Waals surface area contributed by atoms with Crippen molar-refractivity contribution in [1.29, 1.82) is 0 Å². The number of hydrogen-bond acceptors (Lipinski definition) is 4. The molecule has 108 valence electrons. The van der Waals surface area contributed by atoms with Gasteiger partial charge in [-0.2, -0.15) is 0 Å². The first-order valence-electron chi connectivity index (χ1n) is 6.64. The molecule has 3 nitrogen and oxygen atoms in total. The van der Waals surface area contributed by atoms with Crippen molar-refractivity contribution >= 4 is 11.3 Å². The van der Waals surface area contributed by atoms with Gasteiger partial charge in [-0.05, 0) is 31.0 Å². The van der Waals surface area contributed by atoms with E-state index in [1.165, 1.54) is 13.2 Å². The molecule has 0 spiro atoms. The molecule has 0 amide bonds. The van der Waals surface area contributed by atoms with Gasteiger partial charge in [0.15, 0.2) is 11.6 Å². The summed E-state index contributed by atoms with van der Waals surface area (Å²) in [5, 5.41) is 6.58. The third-order valence-electron chi connectivity index (χ3n) is 3.28. The van der Waals surface area contributed by atoms with Crippen molar-refractivity contribution in [1.82, 2.24) is 10.3 Å². The molecule has 0 fully saturated rings. The Morgan fingerprint density at radius 2 is 2.25 bits per heavy atom. The number of hydrogen-bond donors (Lipinski definition) is 1. The van der Waals surface area contributed by atoms with Crippen LogP contribution >= 0.6 is 11.3 Å². The smallest absolute Gasteiger partial charge is 0.165 e. The van der Waals surface area contributed by atoms with Crippen molar-refractivity contribution in [2.24, 2.45) is 0 Å². The third-order valence-corrected chi connectivity index (χ3v) is 4.17. The van der Waals surface area contributed by atoms with Crippen molar-refractivity contribution in [2.45, 2.75) is 32.4 Å². The van der Waals surface area contributed by atoms with Crippen molar-refractivity contribution in [3.05, 3.63) is 46.2 Å². The van der Waals surface area contributed by atoms with Gasteiger partial charge in [0.25, 0.3) is 0 Å². The van der Waals surface area contributed by atoms with E-state index < -0.39 is 0 Å². The number of benzene rings is 1. The van der Waals surface area contributed by atoms with Crippen molar-refractivity contribution in [2.75, 3.05) is 7.11 Å². The maximum Gasteiger partial charge on any atom is 0.165 e. The number of nitrogens with one attached hydrogen (secondary N) is 1. The SMILES string of the molecule is CCC(NC(C)c1ccc(F)c(OC)c1)c1nccs1. The van der Waals surface area contributed by atoms with Crippen LogP contribution in [0.25, 0.3) is 0 Å². The molecule has 0 aliphatic rings. The zero-order valence-corrected chi connectivity index (χ0v) is 12.7. The number of nitrogens with zero attached hydrogens (tertiary/aromatic N) is 1. The maximum atomic E-state index is 13.4. The number of thiazole rings is 1. The summed E-state index contributed by atoms with van der Waals surface area (Å²) in [4.78, 5) is 4.35. The van der Waals surface area contributed by atoms with Gasteiger partial charge in [0.05, 0.1) is 13.2 Å². The molecule has 0 aliphatic heterocycles. The second-order valence-corrected chi connectivity index (χ2v) is 5.54. The fourth-order valence-corrected chi connectivity index (χ4v) is 2.90. The third kappa shape index (κ3) is 3.35. The molecule has 2 aromatic rings. The Hall–Kier alpha value is -1.46. The molecule has 2 unspecified atom stereocenters. The minimum Gasteiger partial charge on any atom is -0.494 e. The molecule has 2 rings (SSSR count). The zero-order valence-electron chi connectivity index (χ0n) is 11.9. The Morgan fingerprint density at radius 1 is 1.45 bits per heavy atom. The Kier molecular flexibility index (Phi) is 5.09. The van der Waals surface area contributed by atoms with E-state index in [9.17, 15) is 4.39 Å². The van der Waals surface area contributed by atoms with Gasteiger partial charge in [-0.25, -0.2) is 9.37 Å². The first-order valence-corrected chi connectivity index (χ1v) is 7.52. The van der Waals surface area contributed by atoms with Crippen LogP contribution in [0.1, 0.15) is 42.9 Å². The highest BCUT2D eigenvalue weighted by atomic mass is 32.1. The molecule has 1 N–H and O–H groups in total. The Labute approximate surface area is 122 Å². The Morgan fingerprint density at radius 3 is 2.85 bits per heavy atom. The molecule has 2 atom stereocenters. The van der Waals surface area contributed by atoms with E-state index >= 15 is 0 Å². The predicted octanol–water partition coefficient (Wildman–Crippen LogP) is 4.09. The standard InChI is InChI=1S/C15H19FN2OS/c1-4-13(15-17-7-8-20-15)18-10(2)11-5-6-12(16)14(9-11)19-3/h5-10,13,18H,4H2,1-3H3. The highest BCUT2D eigenvalue weighted by Crippen LogP contribution is 2.26. The Bertz CT molecular complexity index is 545. The van der Waals surface area contributed by atoms with Gasteiger partial charge < -0.3 is 10.1 Å². The summed E-state index contributed by atoms with van der Waals surface area (Å²) in [6.07, 6.45) is 2.77. The summed E-state index contributed by atoms with van der Waals surface area (Å²) >= 11 is 1.64. The number of rotatable bonds is 6. The summed E-state index contributed by atoms with van der Waals surface area (Å²) in [5.74, 6) is -0.0612. The minimum absolute atomic E-state index is 0.0957. The lowest BCUT2D eigenvalue weighted by Crippen LogP contribution is -2.24. The van der Waals surface area contributed by atoms with Crippen LogP contribution in [0.2, 0.25) is 0 Å². The second-order valence-electron chi connectivity index (χ2n) is 4.61. The van der Waals surface area contributed by atoms with Crippen LogP contribution in [0.3, 0.4) is 0 Å². The van der Waals surface area contributed by atoms with E-state index in [-0.39, 0.29) is 23.7 Å². The van der Waals surface area contributed by atoms with E-state index in [2.05, 4.69) is 24.1 Å². The topological polar surface area (TPSA) is 34.1 Å². The van der Waals surface area contributed by atoms with Gasteiger partial charge in [-0.3, -0.25) is 0 Å². The van der Waals surface area contributed by atoms with Crippen LogP contribution in [-0.4, -0.2) is 12.1 Å². The Balaban J connectivity index is 2.13. The number of aromatic nitrogens is 1. The van der Waals surface area contributed by atoms with Gasteiger partial charge in [0.2, 0.25) is 0 Å². The highest BCUT2D eigenvalue weighted by Gasteiger charge is 2.16. The van der Waals surface area contributed by atoms with Crippen molar-refractivity contribution in [3.63, 3.8) is 0 Å². The van der Waals surface area contributed by atoms with E-state index in [1.807, 2.05) is 11.6 Å². The van der Waals surface area contributed by atoms with Crippen molar-refractivity contribution < 1.29 is 9.13 Å². The molecule has 1 aromatic carbocycles. The van der Waals surface area contributed by atoms with E-state index in [0.29, 0.717) is 0 Å². The van der Waals surface area contributed by atoms with Crippen LogP contribution in [0, 0.1) is 5.82 Å². The van der Waals surface area contributed by atoms with Gasteiger partial charge >= 0.3 is 0 Å². The molecule has 0 saturated heterocycles. The molecule has 0 saturated carbocycles. The highest BCUT2D eigenvalue weighted by molar-refractivity contribution is 7.09. The first kappa shape index (κ1) is 14.9. The lowest BCUT2D eigenvalue weighted by atomic mass is 10.1. The summed E-state index contributed by atoms with van der Waals surface area (Å²) in [6, 6.07) is 5.27. The predicted molar refractivity (Wildman–Crippen MR) is 79.6 cm³/mol. The fourth-order valence-electron chi connectivity index (χ4n) is 2.11. The first-order chi connectivity index (χ1) is 9.65. The van der Waals surface area contributed by atoms with Gasteiger partial charge in [0, 0.05) is 17.6 Å². The van der Waals surface area contributed by atoms with Gasteiger partial charge in [-0.15, -0.1) is 11.3 Å². The summed E-state index contributed by atoms with van der Waals surface area (Å²) in [6.45, 7) is 4.18. The second kappa shape index (κ2) is 6.81. The van der Waals surface area contributed by atoms with Crippen molar-refractivity contribution in [3.8, 4) is 5.75 Å². The normalized spacial score (nSPS) is 14.0. The molecule has 20 heavy (non-hydrogen) atoms. The summed E-state index contributed by atoms with van der Waals surface area (Å²) in [5.41, 5.74) is 0.998. The van der Waals surface area contributed by atoms with Crippen LogP contribution < -0.4 is 10.1 Å². The minimum atomic E-state index is -0.338. The quantitative estimate of drug-likeness (QED) is 0.871. The molecule has 1 aromatic heterocycles. The largest absolute Gasteiger partial charge is 0.494 e. The van der Waals surface area contributed by atoms with E-state index in [0.717, 1.165) is 17.0 Å². The molecule has 1 heterocycles. The summed E-state index contributed by atoms with van der Waals surface area (Å²) in [7, 11) is 1.48. The fraction of sp³-hybridized carbons (Fsp3) is 0.400. The van der Waals surface area contributed by atoms with E-state index in [4.69, 9.17) is 4.74 Å². The van der Waals surface area contributed by atoms with Crippen LogP contribution in [0.4, 0.5) is 4.39 Å². The maximum absolute atomic E-state index is 13.4. The number of ether oxygens (including phenoxy) is 1. The van der Waals surface area contributed by atoms with E-state index in [1.54, 1.807) is 23.5 Å². The van der Waals surface area contributed by atoms with Gasteiger partial charge in [0.1, 0.15) is 5.01 Å². The monoisotopic (exact) mass is 294 g/mol. The lowest BCUT2D eigenvalue weighted by Gasteiger charge is -2.21. The molecule has 0 radical (unpaired) electrons. The molecule has 5 heteroatoms. The number of methoxy groups -OCH3 is 1. The van der Waals surface area contributed by atoms with Crippen LogP contribution in [0.5, 0.6) is 5.75 Å². The lowest BCUT2D eigenvalue weighted by molar-refractivity contribution is 0.383. The molecular formula is C15H19FN2OS. The average molecular weight is 294 g/mol. The molecular weight excluding hydrogens is 275 g/mol.